The maximum atomic E-state index is 12.5. The monoisotopic (exact) mass is 328 g/mol. The fourth-order valence-corrected chi connectivity index (χ4v) is 3.06. The van der Waals surface area contributed by atoms with Gasteiger partial charge in [0.05, 0.1) is 5.52 Å². The Labute approximate surface area is 138 Å². The highest BCUT2D eigenvalue weighted by Crippen LogP contribution is 2.18. The van der Waals surface area contributed by atoms with Crippen LogP contribution in [0.1, 0.15) is 18.4 Å². The standard InChI is InChI=1S/C17H20N4O3/c1-10-3-2-4-12-14(10)19-9-13(15(12)22)20-17(24)21-7-5-11(6-8-21)16(18)23/h2-4,9,11H,5-8H2,1H3,(H2,18,23)(H,19,22)(H,20,24). The molecule has 126 valence electrons. The van der Waals surface area contributed by atoms with Gasteiger partial charge in [-0.3, -0.25) is 9.59 Å². The summed E-state index contributed by atoms with van der Waals surface area (Å²) in [5.74, 6) is -0.502. The van der Waals surface area contributed by atoms with Crippen molar-refractivity contribution in [2.24, 2.45) is 11.7 Å². The summed E-state index contributed by atoms with van der Waals surface area (Å²) in [5, 5.41) is 3.20. The Morgan fingerprint density at radius 1 is 1.29 bits per heavy atom. The van der Waals surface area contributed by atoms with Crippen LogP contribution in [0.3, 0.4) is 0 Å². The van der Waals surface area contributed by atoms with E-state index in [1.807, 2.05) is 19.1 Å². The number of fused-ring (bicyclic) bond motifs is 1. The summed E-state index contributed by atoms with van der Waals surface area (Å²) in [4.78, 5) is 40.7. The zero-order valence-corrected chi connectivity index (χ0v) is 13.5. The summed E-state index contributed by atoms with van der Waals surface area (Å²) in [7, 11) is 0. The van der Waals surface area contributed by atoms with E-state index in [-0.39, 0.29) is 29.0 Å². The molecule has 1 aromatic carbocycles. The van der Waals surface area contributed by atoms with Crippen LogP contribution in [0.15, 0.2) is 29.2 Å². The van der Waals surface area contributed by atoms with Gasteiger partial charge in [-0.15, -0.1) is 0 Å². The number of nitrogens with zero attached hydrogens (tertiary/aromatic N) is 1. The van der Waals surface area contributed by atoms with Crippen LogP contribution < -0.4 is 16.5 Å². The molecule has 3 rings (SSSR count). The van der Waals surface area contributed by atoms with E-state index >= 15 is 0 Å². The molecule has 0 atom stereocenters. The van der Waals surface area contributed by atoms with E-state index < -0.39 is 0 Å². The minimum atomic E-state index is -0.338. The van der Waals surface area contributed by atoms with E-state index in [4.69, 9.17) is 5.73 Å². The molecule has 1 aromatic heterocycles. The number of carbonyl (C=O) groups excluding carboxylic acids is 2. The number of para-hydroxylation sites is 1. The molecule has 24 heavy (non-hydrogen) atoms. The number of amides is 3. The van der Waals surface area contributed by atoms with Crippen LogP contribution in [0.5, 0.6) is 0 Å². The van der Waals surface area contributed by atoms with Crippen LogP contribution in [-0.2, 0) is 4.79 Å². The molecule has 7 nitrogen and oxygen atoms in total. The number of pyridine rings is 1. The Balaban J connectivity index is 1.76. The van der Waals surface area contributed by atoms with Crippen molar-refractivity contribution >= 4 is 28.5 Å². The van der Waals surface area contributed by atoms with Gasteiger partial charge in [-0.1, -0.05) is 12.1 Å². The Morgan fingerprint density at radius 3 is 2.67 bits per heavy atom. The Kier molecular flexibility index (Phi) is 4.24. The summed E-state index contributed by atoms with van der Waals surface area (Å²) < 4.78 is 0. The summed E-state index contributed by atoms with van der Waals surface area (Å²) in [6, 6.07) is 5.12. The maximum Gasteiger partial charge on any atom is 0.321 e. The van der Waals surface area contributed by atoms with Gasteiger partial charge in [-0.05, 0) is 31.4 Å². The Hall–Kier alpha value is -2.83. The van der Waals surface area contributed by atoms with Gasteiger partial charge in [0.15, 0.2) is 0 Å². The predicted molar refractivity (Wildman–Crippen MR) is 91.8 cm³/mol. The summed E-state index contributed by atoms with van der Waals surface area (Å²) in [5.41, 5.74) is 7.03. The number of anilines is 1. The summed E-state index contributed by atoms with van der Waals surface area (Å²) in [6.07, 6.45) is 2.62. The molecule has 0 saturated carbocycles. The molecule has 0 radical (unpaired) electrons. The van der Waals surface area contributed by atoms with Gasteiger partial charge in [0.25, 0.3) is 0 Å². The number of urea groups is 1. The van der Waals surface area contributed by atoms with Gasteiger partial charge >= 0.3 is 6.03 Å². The number of likely N-dealkylation sites (tertiary alicyclic amines) is 1. The number of carbonyl (C=O) groups is 2. The number of nitrogens with two attached hydrogens (primary N) is 1. The first-order valence-electron chi connectivity index (χ1n) is 7.93. The number of primary amides is 1. The van der Waals surface area contributed by atoms with Gasteiger partial charge in [0, 0.05) is 30.6 Å². The van der Waals surface area contributed by atoms with Gasteiger partial charge in [-0.2, -0.15) is 0 Å². The second kappa shape index (κ2) is 6.35. The Morgan fingerprint density at radius 2 is 2.00 bits per heavy atom. The van der Waals surface area contributed by atoms with Gasteiger partial charge in [0.1, 0.15) is 5.69 Å². The molecule has 4 N–H and O–H groups in total. The summed E-state index contributed by atoms with van der Waals surface area (Å²) >= 11 is 0. The lowest BCUT2D eigenvalue weighted by Crippen LogP contribution is -2.44. The number of piperidine rings is 1. The van der Waals surface area contributed by atoms with Crippen LogP contribution >= 0.6 is 0 Å². The number of nitrogens with one attached hydrogen (secondary N) is 2. The minimum absolute atomic E-state index is 0.180. The van der Waals surface area contributed by atoms with E-state index in [0.717, 1.165) is 11.1 Å². The molecule has 2 heterocycles. The SMILES string of the molecule is Cc1cccc2c(=O)c(NC(=O)N3CCC(C(N)=O)CC3)c[nH]c12. The third-order valence-corrected chi connectivity index (χ3v) is 4.55. The van der Waals surface area contributed by atoms with Crippen molar-refractivity contribution in [1.82, 2.24) is 9.88 Å². The topological polar surface area (TPSA) is 108 Å². The smallest absolute Gasteiger partial charge is 0.321 e. The molecule has 2 aromatic rings. The molecule has 0 spiro atoms. The van der Waals surface area contributed by atoms with E-state index in [1.165, 1.54) is 6.20 Å². The second-order valence-corrected chi connectivity index (χ2v) is 6.12. The summed E-state index contributed by atoms with van der Waals surface area (Å²) in [6.45, 7) is 2.81. The van der Waals surface area contributed by atoms with Crippen LogP contribution in [0.4, 0.5) is 10.5 Å². The van der Waals surface area contributed by atoms with Crippen molar-refractivity contribution in [3.63, 3.8) is 0 Å². The number of rotatable bonds is 2. The molecule has 3 amide bonds. The van der Waals surface area contributed by atoms with Crippen LogP contribution in [0.2, 0.25) is 0 Å². The quantitative estimate of drug-likeness (QED) is 0.778. The van der Waals surface area contributed by atoms with Crippen molar-refractivity contribution < 1.29 is 9.59 Å². The second-order valence-electron chi connectivity index (χ2n) is 6.12. The van der Waals surface area contributed by atoms with Crippen molar-refractivity contribution in [3.05, 3.63) is 40.2 Å². The highest BCUT2D eigenvalue weighted by molar-refractivity contribution is 5.92. The number of hydrogen-bond donors (Lipinski definition) is 3. The first kappa shape index (κ1) is 16.0. The molecular weight excluding hydrogens is 308 g/mol. The highest BCUT2D eigenvalue weighted by atomic mass is 16.2. The van der Waals surface area contributed by atoms with Gasteiger partial charge in [0.2, 0.25) is 11.3 Å². The first-order valence-corrected chi connectivity index (χ1v) is 7.93. The molecule has 0 unspecified atom stereocenters. The van der Waals surface area contributed by atoms with E-state index in [2.05, 4.69) is 10.3 Å². The normalized spacial score (nSPS) is 15.5. The average molecular weight is 328 g/mol. The number of aromatic amines is 1. The lowest BCUT2D eigenvalue weighted by Gasteiger charge is -2.30. The largest absolute Gasteiger partial charge is 0.369 e. The van der Waals surface area contributed by atoms with E-state index in [0.29, 0.717) is 31.3 Å². The molecule has 1 saturated heterocycles. The average Bonchev–Trinajstić information content (AvgIpc) is 2.58. The number of aryl methyl sites for hydroxylation is 1. The lowest BCUT2D eigenvalue weighted by molar-refractivity contribution is -0.122. The van der Waals surface area contributed by atoms with Crippen molar-refractivity contribution in [2.45, 2.75) is 19.8 Å². The first-order chi connectivity index (χ1) is 11.5. The third-order valence-electron chi connectivity index (χ3n) is 4.55. The predicted octanol–water partition coefficient (Wildman–Crippen LogP) is 1.57. The van der Waals surface area contributed by atoms with Crippen LogP contribution in [-0.4, -0.2) is 34.9 Å². The fourth-order valence-electron chi connectivity index (χ4n) is 3.06. The maximum absolute atomic E-state index is 12.5. The van der Waals surface area contributed by atoms with Crippen LogP contribution in [0.25, 0.3) is 10.9 Å². The zero-order valence-electron chi connectivity index (χ0n) is 13.5. The van der Waals surface area contributed by atoms with Crippen LogP contribution in [0, 0.1) is 12.8 Å². The number of aromatic nitrogens is 1. The number of benzene rings is 1. The zero-order chi connectivity index (χ0) is 17.3. The molecular formula is C17H20N4O3. The third kappa shape index (κ3) is 2.97. The van der Waals surface area contributed by atoms with Crippen molar-refractivity contribution in [2.75, 3.05) is 18.4 Å². The van der Waals surface area contributed by atoms with E-state index in [1.54, 1.807) is 11.0 Å². The molecule has 1 aliphatic rings. The molecule has 7 heteroatoms. The van der Waals surface area contributed by atoms with Gasteiger partial charge < -0.3 is 20.9 Å². The number of hydrogen-bond acceptors (Lipinski definition) is 3. The van der Waals surface area contributed by atoms with Gasteiger partial charge in [-0.25, -0.2) is 4.79 Å². The molecule has 1 fully saturated rings. The molecule has 1 aliphatic heterocycles. The Bertz CT molecular complexity index is 851. The minimum Gasteiger partial charge on any atom is -0.369 e. The lowest BCUT2D eigenvalue weighted by atomic mass is 9.96. The molecule has 0 bridgehead atoms. The fraction of sp³-hybridized carbons (Fsp3) is 0.353. The van der Waals surface area contributed by atoms with Crippen molar-refractivity contribution in [3.8, 4) is 0 Å². The highest BCUT2D eigenvalue weighted by Gasteiger charge is 2.26. The van der Waals surface area contributed by atoms with Crippen molar-refractivity contribution in [1.29, 1.82) is 0 Å². The van der Waals surface area contributed by atoms with E-state index in [9.17, 15) is 14.4 Å². The molecule has 0 aliphatic carbocycles. The number of H-pyrrole nitrogens is 1.